The van der Waals surface area contributed by atoms with Crippen molar-refractivity contribution >= 4 is 23.2 Å². The molecule has 1 aliphatic rings. The van der Waals surface area contributed by atoms with Crippen LogP contribution in [0.15, 0.2) is 18.2 Å². The third-order valence-corrected chi connectivity index (χ3v) is 4.58. The van der Waals surface area contributed by atoms with Gasteiger partial charge in [-0.1, -0.05) is 6.92 Å². The van der Waals surface area contributed by atoms with Crippen LogP contribution >= 0.6 is 0 Å². The molecule has 1 aromatic carbocycles. The highest BCUT2D eigenvalue weighted by Crippen LogP contribution is 2.35. The van der Waals surface area contributed by atoms with Crippen LogP contribution in [0.5, 0.6) is 0 Å². The summed E-state index contributed by atoms with van der Waals surface area (Å²) < 4.78 is 44.9. The van der Waals surface area contributed by atoms with Crippen LogP contribution in [-0.2, 0) is 20.5 Å². The monoisotopic (exact) mass is 430 g/mol. The predicted molar refractivity (Wildman–Crippen MR) is 108 cm³/mol. The van der Waals surface area contributed by atoms with Gasteiger partial charge in [0.15, 0.2) is 0 Å². The average molecular weight is 430 g/mol. The molecular weight excluding hydrogens is 401 g/mol. The second-order valence-electron chi connectivity index (χ2n) is 7.40. The molecule has 0 atom stereocenters. The van der Waals surface area contributed by atoms with Crippen LogP contribution in [0.2, 0.25) is 0 Å². The number of benzene rings is 1. The molecule has 30 heavy (non-hydrogen) atoms. The molecule has 2 N–H and O–H groups in total. The number of anilines is 2. The fourth-order valence-electron chi connectivity index (χ4n) is 3.14. The molecule has 0 radical (unpaired) electrons. The Morgan fingerprint density at radius 2 is 1.80 bits per heavy atom. The van der Waals surface area contributed by atoms with E-state index in [4.69, 9.17) is 4.74 Å². The number of morpholine rings is 1. The molecule has 1 fully saturated rings. The van der Waals surface area contributed by atoms with Gasteiger partial charge in [0.2, 0.25) is 11.8 Å². The molecule has 0 spiro atoms. The Morgan fingerprint density at radius 1 is 1.17 bits per heavy atom. The molecule has 0 aromatic heterocycles. The van der Waals surface area contributed by atoms with Gasteiger partial charge >= 0.3 is 6.18 Å². The van der Waals surface area contributed by atoms with Crippen LogP contribution in [-0.4, -0.2) is 68.7 Å². The number of halogens is 3. The number of likely N-dealkylation sites (N-methyl/N-ethyl adjacent to an activating group) is 1. The lowest BCUT2D eigenvalue weighted by Crippen LogP contribution is -2.43. The number of ether oxygens (including phenoxy) is 1. The van der Waals surface area contributed by atoms with E-state index in [2.05, 4.69) is 10.6 Å². The molecular formula is C20H29F3N4O3. The number of rotatable bonds is 8. The summed E-state index contributed by atoms with van der Waals surface area (Å²) in [6.07, 6.45) is -4.52. The normalized spacial score (nSPS) is 14.9. The molecule has 2 rings (SSSR count). The number of carbonyl (C=O) groups is 2. The Labute approximate surface area is 174 Å². The Balaban J connectivity index is 2.15. The summed E-state index contributed by atoms with van der Waals surface area (Å²) in [7, 11) is 0. The predicted octanol–water partition coefficient (Wildman–Crippen LogP) is 2.33. The minimum absolute atomic E-state index is 0.0220. The minimum atomic E-state index is -4.52. The molecule has 1 heterocycles. The van der Waals surface area contributed by atoms with Gasteiger partial charge in [0.25, 0.3) is 0 Å². The first-order valence-corrected chi connectivity index (χ1v) is 9.95. The Morgan fingerprint density at radius 3 is 2.37 bits per heavy atom. The van der Waals surface area contributed by atoms with Crippen LogP contribution in [0, 0.1) is 0 Å². The Kier molecular flexibility index (Phi) is 8.48. The van der Waals surface area contributed by atoms with E-state index in [1.54, 1.807) is 11.8 Å². The highest BCUT2D eigenvalue weighted by Gasteiger charge is 2.32. The summed E-state index contributed by atoms with van der Waals surface area (Å²) >= 11 is 0. The van der Waals surface area contributed by atoms with Crippen molar-refractivity contribution in [3.63, 3.8) is 0 Å². The smallest absolute Gasteiger partial charge is 0.378 e. The molecule has 0 aliphatic carbocycles. The van der Waals surface area contributed by atoms with Crippen LogP contribution < -0.4 is 15.5 Å². The molecule has 0 unspecified atom stereocenters. The van der Waals surface area contributed by atoms with Gasteiger partial charge < -0.3 is 20.3 Å². The summed E-state index contributed by atoms with van der Waals surface area (Å²) in [6.45, 7) is 7.80. The first-order chi connectivity index (χ1) is 14.1. The molecule has 10 heteroatoms. The van der Waals surface area contributed by atoms with Gasteiger partial charge in [-0.05, 0) is 38.6 Å². The number of alkyl halides is 3. The van der Waals surface area contributed by atoms with E-state index in [0.717, 1.165) is 12.1 Å². The van der Waals surface area contributed by atoms with E-state index in [-0.39, 0.29) is 30.7 Å². The van der Waals surface area contributed by atoms with Gasteiger partial charge in [-0.25, -0.2) is 0 Å². The van der Waals surface area contributed by atoms with Crippen molar-refractivity contribution in [2.24, 2.45) is 0 Å². The third kappa shape index (κ3) is 7.17. The lowest BCUT2D eigenvalue weighted by atomic mass is 10.1. The van der Waals surface area contributed by atoms with Gasteiger partial charge in [-0.3, -0.25) is 14.5 Å². The van der Waals surface area contributed by atoms with Crippen molar-refractivity contribution in [3.05, 3.63) is 23.8 Å². The SMILES string of the molecule is CCN(CC(=O)Nc1cc(C(F)(F)F)ccc1N1CCOCC1)CC(=O)NC(C)C. The van der Waals surface area contributed by atoms with Crippen molar-refractivity contribution in [3.8, 4) is 0 Å². The van der Waals surface area contributed by atoms with E-state index in [1.165, 1.54) is 6.07 Å². The van der Waals surface area contributed by atoms with Crippen LogP contribution in [0.4, 0.5) is 24.5 Å². The standard InChI is InChI=1S/C20H29F3N4O3/c1-4-26(12-18(28)24-14(2)3)13-19(29)25-16-11-15(20(21,22)23)5-6-17(16)27-7-9-30-10-8-27/h5-6,11,14H,4,7-10,12-13H2,1-3H3,(H,24,28)(H,25,29). The minimum Gasteiger partial charge on any atom is -0.378 e. The zero-order chi connectivity index (χ0) is 22.3. The number of hydrogen-bond acceptors (Lipinski definition) is 5. The summed E-state index contributed by atoms with van der Waals surface area (Å²) in [5.74, 6) is -0.698. The highest BCUT2D eigenvalue weighted by molar-refractivity contribution is 5.96. The lowest BCUT2D eigenvalue weighted by molar-refractivity contribution is -0.137. The number of hydrogen-bond donors (Lipinski definition) is 2. The van der Waals surface area contributed by atoms with Crippen molar-refractivity contribution in [1.82, 2.24) is 10.2 Å². The Bertz CT molecular complexity index is 734. The van der Waals surface area contributed by atoms with Crippen LogP contribution in [0.25, 0.3) is 0 Å². The second kappa shape index (κ2) is 10.6. The van der Waals surface area contributed by atoms with Crippen molar-refractivity contribution in [1.29, 1.82) is 0 Å². The maximum atomic E-state index is 13.2. The lowest BCUT2D eigenvalue weighted by Gasteiger charge is -2.31. The van der Waals surface area contributed by atoms with Gasteiger partial charge in [0, 0.05) is 19.1 Å². The molecule has 1 aliphatic heterocycles. The Hall–Kier alpha value is -2.33. The number of nitrogens with zero attached hydrogens (tertiary/aromatic N) is 2. The first-order valence-electron chi connectivity index (χ1n) is 9.95. The molecule has 168 valence electrons. The highest BCUT2D eigenvalue weighted by atomic mass is 19.4. The van der Waals surface area contributed by atoms with Gasteiger partial charge in [0.05, 0.1) is 43.2 Å². The fraction of sp³-hybridized carbons (Fsp3) is 0.600. The zero-order valence-corrected chi connectivity index (χ0v) is 17.5. The van der Waals surface area contributed by atoms with Crippen LogP contribution in [0.1, 0.15) is 26.3 Å². The summed E-state index contributed by atoms with van der Waals surface area (Å²) in [5.41, 5.74) is -0.224. The van der Waals surface area contributed by atoms with Crippen LogP contribution in [0.3, 0.4) is 0 Å². The second-order valence-corrected chi connectivity index (χ2v) is 7.40. The molecule has 2 amide bonds. The summed E-state index contributed by atoms with van der Waals surface area (Å²) in [5, 5.41) is 5.36. The molecule has 7 nitrogen and oxygen atoms in total. The van der Waals surface area contributed by atoms with Gasteiger partial charge in [-0.2, -0.15) is 13.2 Å². The fourth-order valence-corrected chi connectivity index (χ4v) is 3.14. The summed E-state index contributed by atoms with van der Waals surface area (Å²) in [4.78, 5) is 28.0. The van der Waals surface area contributed by atoms with Crippen molar-refractivity contribution in [2.45, 2.75) is 33.0 Å². The molecule has 1 aromatic rings. The third-order valence-electron chi connectivity index (χ3n) is 4.58. The van der Waals surface area contributed by atoms with E-state index < -0.39 is 17.6 Å². The maximum absolute atomic E-state index is 13.2. The topological polar surface area (TPSA) is 73.9 Å². The maximum Gasteiger partial charge on any atom is 0.416 e. The number of nitrogens with one attached hydrogen (secondary N) is 2. The van der Waals surface area contributed by atoms with E-state index >= 15 is 0 Å². The van der Waals surface area contributed by atoms with E-state index in [1.807, 2.05) is 18.7 Å². The average Bonchev–Trinajstić information content (AvgIpc) is 2.66. The van der Waals surface area contributed by atoms with Gasteiger partial charge in [-0.15, -0.1) is 0 Å². The van der Waals surface area contributed by atoms with Gasteiger partial charge in [0.1, 0.15) is 0 Å². The molecule has 0 bridgehead atoms. The van der Waals surface area contributed by atoms with E-state index in [9.17, 15) is 22.8 Å². The summed E-state index contributed by atoms with van der Waals surface area (Å²) in [6, 6.07) is 3.31. The van der Waals surface area contributed by atoms with Crippen molar-refractivity contribution < 1.29 is 27.5 Å². The van der Waals surface area contributed by atoms with Crippen molar-refractivity contribution in [2.75, 3.05) is 56.2 Å². The number of amides is 2. The first kappa shape index (κ1) is 23.9. The quantitative estimate of drug-likeness (QED) is 0.662. The molecule has 1 saturated heterocycles. The number of carbonyl (C=O) groups excluding carboxylic acids is 2. The zero-order valence-electron chi connectivity index (χ0n) is 17.5. The largest absolute Gasteiger partial charge is 0.416 e. The van der Waals surface area contributed by atoms with E-state index in [0.29, 0.717) is 38.5 Å². The molecule has 0 saturated carbocycles.